The van der Waals surface area contributed by atoms with Crippen LogP contribution < -0.4 is 20.8 Å². The van der Waals surface area contributed by atoms with Gasteiger partial charge in [-0.15, -0.1) is 0 Å². The summed E-state index contributed by atoms with van der Waals surface area (Å²) in [6, 6.07) is 10.4. The number of hydrogen-bond donors (Lipinski definition) is 3. The fourth-order valence-electron chi connectivity index (χ4n) is 1.96. The number of para-hydroxylation sites is 1. The van der Waals surface area contributed by atoms with Crippen LogP contribution in [0.5, 0.6) is 5.75 Å². The van der Waals surface area contributed by atoms with Crippen LogP contribution in [-0.4, -0.2) is 37.6 Å². The first kappa shape index (κ1) is 20.8. The number of benzene rings is 2. The highest BCUT2D eigenvalue weighted by Crippen LogP contribution is 2.19. The number of anilines is 1. The maximum absolute atomic E-state index is 13.1. The molecular weight excluding hydrogens is 391 g/mol. The summed E-state index contributed by atoms with van der Waals surface area (Å²) in [6.07, 6.45) is 1.27. The van der Waals surface area contributed by atoms with Crippen LogP contribution in [0.25, 0.3) is 0 Å². The maximum atomic E-state index is 13.1. The molecule has 146 valence electrons. The highest BCUT2D eigenvalue weighted by Gasteiger charge is 2.10. The lowest BCUT2D eigenvalue weighted by atomic mass is 10.2. The molecule has 3 N–H and O–H groups in total. The first-order chi connectivity index (χ1) is 13.4. The summed E-state index contributed by atoms with van der Waals surface area (Å²) in [5, 5.41) is 8.24. The zero-order valence-electron chi connectivity index (χ0n) is 14.7. The minimum atomic E-state index is -0.922. The van der Waals surface area contributed by atoms with Crippen molar-refractivity contribution < 1.29 is 23.5 Å². The lowest BCUT2D eigenvalue weighted by molar-refractivity contribution is -0.138. The van der Waals surface area contributed by atoms with Gasteiger partial charge in [-0.2, -0.15) is 5.10 Å². The van der Waals surface area contributed by atoms with E-state index in [0.29, 0.717) is 17.0 Å². The number of hydrazone groups is 1. The number of nitrogens with one attached hydrogen (secondary N) is 3. The molecule has 0 bridgehead atoms. The van der Waals surface area contributed by atoms with Gasteiger partial charge in [-0.05, 0) is 30.3 Å². The minimum absolute atomic E-state index is 0.112. The molecule has 0 unspecified atom stereocenters. The Morgan fingerprint density at radius 1 is 1.18 bits per heavy atom. The number of halogens is 2. The van der Waals surface area contributed by atoms with Crippen LogP contribution in [0.3, 0.4) is 0 Å². The molecule has 0 spiro atoms. The molecular formula is C18H16ClFN4O4. The molecule has 0 heterocycles. The molecule has 10 heteroatoms. The number of rotatable bonds is 6. The topological polar surface area (TPSA) is 109 Å². The number of amides is 3. The highest BCUT2D eigenvalue weighted by molar-refractivity contribution is 6.35. The summed E-state index contributed by atoms with van der Waals surface area (Å²) >= 11 is 5.66. The predicted octanol–water partition coefficient (Wildman–Crippen LogP) is 1.69. The van der Waals surface area contributed by atoms with E-state index in [1.165, 1.54) is 25.4 Å². The minimum Gasteiger partial charge on any atom is -0.483 e. The van der Waals surface area contributed by atoms with Crippen LogP contribution in [-0.2, 0) is 14.4 Å². The smallest absolute Gasteiger partial charge is 0.329 e. The van der Waals surface area contributed by atoms with E-state index in [0.717, 1.165) is 6.07 Å². The van der Waals surface area contributed by atoms with Gasteiger partial charge in [-0.3, -0.25) is 14.4 Å². The largest absolute Gasteiger partial charge is 0.483 e. The Morgan fingerprint density at radius 2 is 1.93 bits per heavy atom. The van der Waals surface area contributed by atoms with Gasteiger partial charge < -0.3 is 15.4 Å². The number of hydrogen-bond acceptors (Lipinski definition) is 5. The Kier molecular flexibility index (Phi) is 7.46. The number of ether oxygens (including phenoxy) is 1. The zero-order valence-corrected chi connectivity index (χ0v) is 15.4. The van der Waals surface area contributed by atoms with Gasteiger partial charge in [0.15, 0.2) is 6.61 Å². The lowest BCUT2D eigenvalue weighted by Crippen LogP contribution is -2.35. The molecule has 0 saturated heterocycles. The van der Waals surface area contributed by atoms with Gasteiger partial charge in [-0.1, -0.05) is 23.7 Å². The molecule has 0 aliphatic carbocycles. The van der Waals surface area contributed by atoms with Crippen molar-refractivity contribution in [2.75, 3.05) is 19.0 Å². The molecule has 0 aliphatic rings. The van der Waals surface area contributed by atoms with Gasteiger partial charge in [0.05, 0.1) is 11.2 Å². The van der Waals surface area contributed by atoms with Crippen molar-refractivity contribution in [2.45, 2.75) is 0 Å². The number of carbonyl (C=O) groups excluding carboxylic acids is 3. The van der Waals surface area contributed by atoms with E-state index in [2.05, 4.69) is 21.2 Å². The quantitative estimate of drug-likeness (QED) is 0.385. The van der Waals surface area contributed by atoms with Crippen molar-refractivity contribution in [1.29, 1.82) is 0 Å². The summed E-state index contributed by atoms with van der Waals surface area (Å²) in [4.78, 5) is 34.4. The average Bonchev–Trinajstić information content (AvgIpc) is 2.69. The first-order valence-electron chi connectivity index (χ1n) is 7.92. The fourth-order valence-corrected chi connectivity index (χ4v) is 2.14. The molecule has 2 aromatic rings. The lowest BCUT2D eigenvalue weighted by Gasteiger charge is -2.10. The molecule has 0 aromatic heterocycles. The van der Waals surface area contributed by atoms with Crippen LogP contribution in [0.15, 0.2) is 47.6 Å². The van der Waals surface area contributed by atoms with E-state index < -0.39 is 23.5 Å². The molecule has 2 rings (SSSR count). The highest BCUT2D eigenvalue weighted by atomic mass is 35.5. The second kappa shape index (κ2) is 10.0. The summed E-state index contributed by atoms with van der Waals surface area (Å²) in [5.74, 6) is -2.50. The molecule has 0 radical (unpaired) electrons. The normalized spacial score (nSPS) is 10.4. The average molecular weight is 407 g/mol. The van der Waals surface area contributed by atoms with E-state index in [1.54, 1.807) is 24.3 Å². The van der Waals surface area contributed by atoms with Crippen molar-refractivity contribution in [3.63, 3.8) is 0 Å². The molecule has 0 fully saturated rings. The van der Waals surface area contributed by atoms with E-state index in [9.17, 15) is 18.8 Å². The van der Waals surface area contributed by atoms with Crippen molar-refractivity contribution in [2.24, 2.45) is 5.10 Å². The van der Waals surface area contributed by atoms with Crippen LogP contribution >= 0.6 is 11.6 Å². The summed E-state index contributed by atoms with van der Waals surface area (Å²) in [7, 11) is 1.32. The van der Waals surface area contributed by atoms with Crippen molar-refractivity contribution in [1.82, 2.24) is 10.7 Å². The third-order valence-corrected chi connectivity index (χ3v) is 3.57. The number of likely N-dealkylation sites (N-methyl/N-ethyl adjacent to an activating group) is 1. The molecule has 2 aromatic carbocycles. The monoisotopic (exact) mass is 406 g/mol. The molecule has 0 saturated carbocycles. The van der Waals surface area contributed by atoms with Crippen LogP contribution in [0.2, 0.25) is 5.02 Å². The van der Waals surface area contributed by atoms with Gasteiger partial charge in [0.25, 0.3) is 5.91 Å². The van der Waals surface area contributed by atoms with E-state index >= 15 is 0 Å². The Hall–Kier alpha value is -3.46. The second-order valence-electron chi connectivity index (χ2n) is 5.28. The van der Waals surface area contributed by atoms with E-state index in [-0.39, 0.29) is 11.6 Å². The van der Waals surface area contributed by atoms with Crippen molar-refractivity contribution in [3.8, 4) is 5.75 Å². The van der Waals surface area contributed by atoms with E-state index in [4.69, 9.17) is 16.3 Å². The van der Waals surface area contributed by atoms with Crippen LogP contribution in [0, 0.1) is 5.82 Å². The Morgan fingerprint density at radius 3 is 2.64 bits per heavy atom. The van der Waals surface area contributed by atoms with Gasteiger partial charge in [0, 0.05) is 18.3 Å². The first-order valence-corrected chi connectivity index (χ1v) is 8.30. The number of nitrogens with zero attached hydrogens (tertiary/aromatic N) is 1. The standard InChI is InChI=1S/C18H16ClFN4O4/c1-21-17(26)18(27)24-22-9-11-4-2-3-5-15(11)28-10-16(25)23-12-6-7-14(20)13(19)8-12/h2-9H,10H2,1H3,(H,21,26)(H,23,25)(H,24,27)/b22-9-. The van der Waals surface area contributed by atoms with Gasteiger partial charge in [-0.25, -0.2) is 9.82 Å². The molecule has 3 amide bonds. The van der Waals surface area contributed by atoms with Gasteiger partial charge >= 0.3 is 11.8 Å². The van der Waals surface area contributed by atoms with E-state index in [1.807, 2.05) is 0 Å². The summed E-state index contributed by atoms with van der Waals surface area (Å²) in [6.45, 7) is -0.329. The maximum Gasteiger partial charge on any atom is 0.329 e. The van der Waals surface area contributed by atoms with Gasteiger partial charge in [0.1, 0.15) is 11.6 Å². The molecule has 28 heavy (non-hydrogen) atoms. The fraction of sp³-hybridized carbons (Fsp3) is 0.111. The summed E-state index contributed by atoms with van der Waals surface area (Å²) in [5.41, 5.74) is 2.85. The van der Waals surface area contributed by atoms with Crippen LogP contribution in [0.4, 0.5) is 10.1 Å². The summed E-state index contributed by atoms with van der Waals surface area (Å²) < 4.78 is 18.6. The Bertz CT molecular complexity index is 920. The number of carbonyl (C=O) groups is 3. The Labute approximate surface area is 164 Å². The Balaban J connectivity index is 1.95. The zero-order chi connectivity index (χ0) is 20.5. The second-order valence-corrected chi connectivity index (χ2v) is 5.69. The van der Waals surface area contributed by atoms with Crippen molar-refractivity contribution in [3.05, 3.63) is 58.9 Å². The van der Waals surface area contributed by atoms with Crippen molar-refractivity contribution >= 4 is 41.2 Å². The molecule has 8 nitrogen and oxygen atoms in total. The SMILES string of the molecule is CNC(=O)C(=O)N/N=C\c1ccccc1OCC(=O)Nc1ccc(F)c(Cl)c1. The predicted molar refractivity (Wildman–Crippen MR) is 102 cm³/mol. The molecule has 0 atom stereocenters. The third kappa shape index (κ3) is 6.06. The van der Waals surface area contributed by atoms with Gasteiger partial charge in [0.2, 0.25) is 0 Å². The molecule has 0 aliphatic heterocycles. The van der Waals surface area contributed by atoms with Crippen LogP contribution in [0.1, 0.15) is 5.56 Å². The third-order valence-electron chi connectivity index (χ3n) is 3.28.